The van der Waals surface area contributed by atoms with Crippen LogP contribution in [0.15, 0.2) is 0 Å². The van der Waals surface area contributed by atoms with E-state index in [9.17, 15) is 13.2 Å². The summed E-state index contributed by atoms with van der Waals surface area (Å²) in [6.07, 6.45) is 2.21. The Kier molecular flexibility index (Phi) is 2.96. The minimum absolute atomic E-state index is 0.199. The number of piperazine rings is 1. The first-order valence-electron chi connectivity index (χ1n) is 5.63. The van der Waals surface area contributed by atoms with Gasteiger partial charge in [-0.2, -0.15) is 4.31 Å². The van der Waals surface area contributed by atoms with Crippen LogP contribution in [0, 0.1) is 11.8 Å². The molecule has 6 heteroatoms. The molecule has 1 aliphatic heterocycles. The molecule has 0 aromatic rings. The molecule has 1 aliphatic carbocycles. The zero-order valence-electron chi connectivity index (χ0n) is 9.72. The molecule has 1 saturated carbocycles. The Balaban J connectivity index is 1.88. The van der Waals surface area contributed by atoms with E-state index >= 15 is 0 Å². The fourth-order valence-corrected chi connectivity index (χ4v) is 2.97. The van der Waals surface area contributed by atoms with Gasteiger partial charge in [-0.15, -0.1) is 0 Å². The quantitative estimate of drug-likeness (QED) is 0.675. The maximum absolute atomic E-state index is 11.9. The van der Waals surface area contributed by atoms with Crippen LogP contribution in [0.5, 0.6) is 0 Å². The number of hydrogen-bond donors (Lipinski definition) is 0. The first kappa shape index (κ1) is 11.9. The standard InChI is InChI=1S/C10H18N2O3S/c1-8-7-9(8)10(13)11-3-5-12(6-4-11)16(2,14)15/h8-9H,3-7H2,1-2H3/t8-,9-/m0/s1. The summed E-state index contributed by atoms with van der Waals surface area (Å²) in [5.74, 6) is 0.922. The molecule has 0 N–H and O–H groups in total. The second-order valence-electron chi connectivity index (χ2n) is 4.81. The van der Waals surface area contributed by atoms with Crippen molar-refractivity contribution in [2.45, 2.75) is 13.3 Å². The third-order valence-electron chi connectivity index (χ3n) is 3.45. The van der Waals surface area contributed by atoms with Crippen LogP contribution >= 0.6 is 0 Å². The molecule has 1 amide bonds. The normalized spacial score (nSPS) is 31.5. The Morgan fingerprint density at radius 3 is 2.06 bits per heavy atom. The van der Waals surface area contributed by atoms with Crippen LogP contribution in [0.3, 0.4) is 0 Å². The molecule has 5 nitrogen and oxygen atoms in total. The number of carbonyl (C=O) groups is 1. The number of rotatable bonds is 2. The molecule has 1 saturated heterocycles. The predicted molar refractivity (Wildman–Crippen MR) is 60.3 cm³/mol. The highest BCUT2D eigenvalue weighted by Gasteiger charge is 2.42. The Morgan fingerprint density at radius 1 is 1.19 bits per heavy atom. The molecule has 0 aromatic heterocycles. The van der Waals surface area contributed by atoms with Gasteiger partial charge in [0.1, 0.15) is 0 Å². The van der Waals surface area contributed by atoms with Gasteiger partial charge < -0.3 is 4.90 Å². The van der Waals surface area contributed by atoms with E-state index in [0.29, 0.717) is 32.1 Å². The zero-order valence-corrected chi connectivity index (χ0v) is 10.5. The van der Waals surface area contributed by atoms with Gasteiger partial charge in [-0.05, 0) is 12.3 Å². The third kappa shape index (κ3) is 2.38. The van der Waals surface area contributed by atoms with E-state index in [0.717, 1.165) is 6.42 Å². The van der Waals surface area contributed by atoms with Gasteiger partial charge in [-0.25, -0.2) is 8.42 Å². The topological polar surface area (TPSA) is 57.7 Å². The molecular weight excluding hydrogens is 228 g/mol. The van der Waals surface area contributed by atoms with Gasteiger partial charge in [-0.1, -0.05) is 6.92 Å². The number of hydrogen-bond acceptors (Lipinski definition) is 3. The average Bonchev–Trinajstić information content (AvgIpc) is 2.93. The van der Waals surface area contributed by atoms with Crippen molar-refractivity contribution in [3.8, 4) is 0 Å². The van der Waals surface area contributed by atoms with Crippen LogP contribution in [-0.2, 0) is 14.8 Å². The average molecular weight is 246 g/mol. The number of nitrogens with zero attached hydrogens (tertiary/aromatic N) is 2. The molecule has 2 aliphatic rings. The fourth-order valence-electron chi connectivity index (χ4n) is 2.14. The summed E-state index contributed by atoms with van der Waals surface area (Å²) >= 11 is 0. The Hall–Kier alpha value is -0.620. The van der Waals surface area contributed by atoms with Gasteiger partial charge >= 0.3 is 0 Å². The summed E-state index contributed by atoms with van der Waals surface area (Å²) in [5, 5.41) is 0. The fraction of sp³-hybridized carbons (Fsp3) is 0.900. The summed E-state index contributed by atoms with van der Waals surface area (Å²) in [4.78, 5) is 13.7. The van der Waals surface area contributed by atoms with E-state index in [4.69, 9.17) is 0 Å². The number of amides is 1. The number of carbonyl (C=O) groups excluding carboxylic acids is 1. The molecular formula is C10H18N2O3S. The minimum atomic E-state index is -3.10. The Labute approximate surface area is 96.5 Å². The first-order valence-corrected chi connectivity index (χ1v) is 7.48. The van der Waals surface area contributed by atoms with Crippen LogP contribution in [0.25, 0.3) is 0 Å². The summed E-state index contributed by atoms with van der Waals surface area (Å²) in [5.41, 5.74) is 0. The Morgan fingerprint density at radius 2 is 1.69 bits per heavy atom. The third-order valence-corrected chi connectivity index (χ3v) is 4.75. The minimum Gasteiger partial charge on any atom is -0.340 e. The van der Waals surface area contributed by atoms with Gasteiger partial charge in [0.25, 0.3) is 0 Å². The molecule has 0 unspecified atom stereocenters. The van der Waals surface area contributed by atoms with Gasteiger partial charge in [0.15, 0.2) is 0 Å². The van der Waals surface area contributed by atoms with Crippen LogP contribution in [0.1, 0.15) is 13.3 Å². The maximum atomic E-state index is 11.9. The molecule has 0 spiro atoms. The lowest BCUT2D eigenvalue weighted by Gasteiger charge is -2.33. The second-order valence-corrected chi connectivity index (χ2v) is 6.79. The van der Waals surface area contributed by atoms with Crippen molar-refractivity contribution in [3.05, 3.63) is 0 Å². The summed E-state index contributed by atoms with van der Waals surface area (Å²) < 4.78 is 24.0. The van der Waals surface area contributed by atoms with Crippen LogP contribution in [0.4, 0.5) is 0 Å². The molecule has 0 bridgehead atoms. The first-order chi connectivity index (χ1) is 7.39. The molecule has 2 atom stereocenters. The van der Waals surface area contributed by atoms with E-state index in [1.807, 2.05) is 0 Å². The molecule has 92 valence electrons. The largest absolute Gasteiger partial charge is 0.340 e. The van der Waals surface area contributed by atoms with E-state index in [2.05, 4.69) is 6.92 Å². The molecule has 0 radical (unpaired) electrons. The van der Waals surface area contributed by atoms with E-state index in [-0.39, 0.29) is 11.8 Å². The van der Waals surface area contributed by atoms with Gasteiger partial charge in [-0.3, -0.25) is 4.79 Å². The highest BCUT2D eigenvalue weighted by Crippen LogP contribution is 2.39. The van der Waals surface area contributed by atoms with Crippen LogP contribution in [-0.4, -0.2) is 56.0 Å². The van der Waals surface area contributed by atoms with Crippen LogP contribution < -0.4 is 0 Å². The lowest BCUT2D eigenvalue weighted by Crippen LogP contribution is -2.50. The van der Waals surface area contributed by atoms with Gasteiger partial charge in [0, 0.05) is 32.1 Å². The summed E-state index contributed by atoms with van der Waals surface area (Å²) in [6.45, 7) is 4.02. The van der Waals surface area contributed by atoms with Gasteiger partial charge in [0.2, 0.25) is 15.9 Å². The lowest BCUT2D eigenvalue weighted by atomic mass is 10.2. The molecule has 1 heterocycles. The number of sulfonamides is 1. The van der Waals surface area contributed by atoms with Crippen molar-refractivity contribution >= 4 is 15.9 Å². The van der Waals surface area contributed by atoms with Gasteiger partial charge in [0.05, 0.1) is 6.26 Å². The zero-order chi connectivity index (χ0) is 11.9. The van der Waals surface area contributed by atoms with E-state index in [1.165, 1.54) is 10.6 Å². The monoisotopic (exact) mass is 246 g/mol. The van der Waals surface area contributed by atoms with Crippen LogP contribution in [0.2, 0.25) is 0 Å². The van der Waals surface area contributed by atoms with Crippen molar-refractivity contribution in [1.82, 2.24) is 9.21 Å². The highest BCUT2D eigenvalue weighted by molar-refractivity contribution is 7.88. The second kappa shape index (κ2) is 4.00. The molecule has 2 rings (SSSR count). The highest BCUT2D eigenvalue weighted by atomic mass is 32.2. The van der Waals surface area contributed by atoms with Crippen molar-refractivity contribution in [3.63, 3.8) is 0 Å². The smallest absolute Gasteiger partial charge is 0.226 e. The van der Waals surface area contributed by atoms with Crippen molar-refractivity contribution in [2.24, 2.45) is 11.8 Å². The van der Waals surface area contributed by atoms with E-state index < -0.39 is 10.0 Å². The maximum Gasteiger partial charge on any atom is 0.226 e. The molecule has 16 heavy (non-hydrogen) atoms. The SMILES string of the molecule is C[C@H]1C[C@@H]1C(=O)N1CCN(S(C)(=O)=O)CC1. The van der Waals surface area contributed by atoms with E-state index in [1.54, 1.807) is 4.90 Å². The summed E-state index contributed by atoms with van der Waals surface area (Å²) in [7, 11) is -3.10. The predicted octanol–water partition coefficient (Wildman–Crippen LogP) is -0.254. The van der Waals surface area contributed by atoms with Crippen molar-refractivity contribution in [1.29, 1.82) is 0 Å². The molecule has 2 fully saturated rings. The van der Waals surface area contributed by atoms with Crippen molar-refractivity contribution < 1.29 is 13.2 Å². The Bertz CT molecular complexity index is 385. The van der Waals surface area contributed by atoms with Crippen molar-refractivity contribution in [2.75, 3.05) is 32.4 Å². The molecule has 0 aromatic carbocycles. The lowest BCUT2D eigenvalue weighted by molar-refractivity contribution is -0.134. The summed E-state index contributed by atoms with van der Waals surface area (Å²) in [6, 6.07) is 0.